The highest BCUT2D eigenvalue weighted by Crippen LogP contribution is 2.44. The number of hydrogen-bond donors (Lipinski definition) is 0. The molecule has 1 aromatic heterocycles. The summed E-state index contributed by atoms with van der Waals surface area (Å²) in [6.45, 7) is 5.07. The molecule has 0 aromatic carbocycles. The number of fused-ring (bicyclic) bond motifs is 1. The van der Waals surface area contributed by atoms with E-state index in [1.807, 2.05) is 4.90 Å². The molecular formula is C18H26ClN3OS. The number of carbonyl (C=O) groups is 1. The van der Waals surface area contributed by atoms with Crippen molar-refractivity contribution in [3.8, 4) is 0 Å². The smallest absolute Gasteiger partial charge is 0.241 e. The molecule has 1 aliphatic heterocycles. The van der Waals surface area contributed by atoms with Crippen LogP contribution in [0.5, 0.6) is 0 Å². The molecule has 1 amide bonds. The molecule has 1 aliphatic carbocycles. The van der Waals surface area contributed by atoms with Gasteiger partial charge in [0, 0.05) is 12.7 Å². The van der Waals surface area contributed by atoms with Crippen LogP contribution in [0.25, 0.3) is 0 Å². The van der Waals surface area contributed by atoms with Crippen LogP contribution >= 0.6 is 23.4 Å². The van der Waals surface area contributed by atoms with Gasteiger partial charge in [0.05, 0.1) is 10.1 Å². The molecular weight excluding hydrogens is 342 g/mol. The molecule has 4 nitrogen and oxygen atoms in total. The summed E-state index contributed by atoms with van der Waals surface area (Å²) >= 11 is 7.64. The number of thioether (sulfide) groups is 1. The standard InChI is InChI=1S/C18H26ClN3OS/c1-12(2)9-10-22-16-14(11-20-18(19)21-16)24-15(17(22)23)13-7-5-3-4-6-8-13/h11-13,15H,3-10H2,1-2H3. The number of halogens is 1. The Balaban J connectivity index is 1.88. The number of hydrogen-bond acceptors (Lipinski definition) is 4. The molecule has 2 aliphatic rings. The van der Waals surface area contributed by atoms with Crippen molar-refractivity contribution in [3.05, 3.63) is 11.5 Å². The van der Waals surface area contributed by atoms with Gasteiger partial charge in [-0.25, -0.2) is 4.98 Å². The van der Waals surface area contributed by atoms with Crippen LogP contribution in [0, 0.1) is 11.8 Å². The zero-order valence-corrected chi connectivity index (χ0v) is 16.1. The van der Waals surface area contributed by atoms with Crippen LogP contribution in [0.1, 0.15) is 58.8 Å². The normalized spacial score (nSPS) is 22.6. The quantitative estimate of drug-likeness (QED) is 0.557. The number of carbonyl (C=O) groups excluding carboxylic acids is 1. The lowest BCUT2D eigenvalue weighted by atomic mass is 9.95. The van der Waals surface area contributed by atoms with Crippen LogP contribution in [-0.2, 0) is 4.79 Å². The molecule has 3 rings (SSSR count). The molecule has 0 bridgehead atoms. The zero-order valence-electron chi connectivity index (χ0n) is 14.5. The van der Waals surface area contributed by atoms with E-state index in [0.717, 1.165) is 24.2 Å². The maximum atomic E-state index is 13.2. The third-order valence-corrected chi connectivity index (χ3v) is 6.55. The van der Waals surface area contributed by atoms with Crippen molar-refractivity contribution < 1.29 is 4.79 Å². The van der Waals surface area contributed by atoms with Gasteiger partial charge in [0.1, 0.15) is 0 Å². The highest BCUT2D eigenvalue weighted by atomic mass is 35.5. The molecule has 1 fully saturated rings. The van der Waals surface area contributed by atoms with Crippen molar-refractivity contribution in [1.29, 1.82) is 0 Å². The lowest BCUT2D eigenvalue weighted by Gasteiger charge is -2.36. The first-order valence-corrected chi connectivity index (χ1v) is 10.3. The molecule has 0 N–H and O–H groups in total. The minimum Gasteiger partial charge on any atom is -0.295 e. The average Bonchev–Trinajstić information content (AvgIpc) is 2.82. The SMILES string of the molecule is CC(C)CCN1C(=O)C(C2CCCCCC2)Sc2cnc(Cl)nc21. The molecule has 2 heterocycles. The highest BCUT2D eigenvalue weighted by molar-refractivity contribution is 8.01. The van der Waals surface area contributed by atoms with Crippen LogP contribution in [0.4, 0.5) is 5.82 Å². The van der Waals surface area contributed by atoms with Gasteiger partial charge in [-0.1, -0.05) is 39.5 Å². The third kappa shape index (κ3) is 4.05. The first-order chi connectivity index (χ1) is 11.6. The second kappa shape index (κ2) is 8.05. The molecule has 6 heteroatoms. The summed E-state index contributed by atoms with van der Waals surface area (Å²) in [7, 11) is 0. The number of amides is 1. The van der Waals surface area contributed by atoms with Gasteiger partial charge < -0.3 is 0 Å². The van der Waals surface area contributed by atoms with Gasteiger partial charge in [-0.3, -0.25) is 9.69 Å². The molecule has 1 unspecified atom stereocenters. The zero-order chi connectivity index (χ0) is 17.1. The monoisotopic (exact) mass is 367 g/mol. The Kier molecular flexibility index (Phi) is 6.03. The molecule has 1 saturated carbocycles. The average molecular weight is 368 g/mol. The van der Waals surface area contributed by atoms with Crippen LogP contribution < -0.4 is 4.90 Å². The van der Waals surface area contributed by atoms with Crippen molar-refractivity contribution in [1.82, 2.24) is 9.97 Å². The van der Waals surface area contributed by atoms with E-state index in [0.29, 0.717) is 24.2 Å². The molecule has 0 saturated heterocycles. The van der Waals surface area contributed by atoms with E-state index < -0.39 is 0 Å². The fraction of sp³-hybridized carbons (Fsp3) is 0.722. The molecule has 0 radical (unpaired) electrons. The molecule has 132 valence electrons. The predicted octanol–water partition coefficient (Wildman–Crippen LogP) is 4.95. The van der Waals surface area contributed by atoms with E-state index in [9.17, 15) is 4.79 Å². The Bertz CT molecular complexity index is 588. The van der Waals surface area contributed by atoms with Gasteiger partial charge in [0.25, 0.3) is 0 Å². The third-order valence-electron chi connectivity index (χ3n) is 4.98. The first-order valence-electron chi connectivity index (χ1n) is 9.07. The van der Waals surface area contributed by atoms with Gasteiger partial charge in [-0.2, -0.15) is 4.98 Å². The van der Waals surface area contributed by atoms with Gasteiger partial charge in [0.15, 0.2) is 5.82 Å². The second-order valence-electron chi connectivity index (χ2n) is 7.29. The lowest BCUT2D eigenvalue weighted by Crippen LogP contribution is -2.45. The Morgan fingerprint density at radius 2 is 2.00 bits per heavy atom. The van der Waals surface area contributed by atoms with Crippen molar-refractivity contribution >= 4 is 35.1 Å². The Labute approximate surface area is 153 Å². The minimum atomic E-state index is 0.00698. The summed E-state index contributed by atoms with van der Waals surface area (Å²) in [5, 5.41) is 0.220. The number of nitrogens with zero attached hydrogens (tertiary/aromatic N) is 3. The lowest BCUT2D eigenvalue weighted by molar-refractivity contribution is -0.119. The topological polar surface area (TPSA) is 46.1 Å². The van der Waals surface area contributed by atoms with Crippen molar-refractivity contribution in [2.75, 3.05) is 11.4 Å². The van der Waals surface area contributed by atoms with Crippen LogP contribution in [0.15, 0.2) is 11.1 Å². The summed E-state index contributed by atoms with van der Waals surface area (Å²) < 4.78 is 0. The summed E-state index contributed by atoms with van der Waals surface area (Å²) in [6, 6.07) is 0. The Morgan fingerprint density at radius 1 is 1.29 bits per heavy atom. The van der Waals surface area contributed by atoms with Gasteiger partial charge in [-0.15, -0.1) is 11.8 Å². The van der Waals surface area contributed by atoms with Gasteiger partial charge in [0.2, 0.25) is 11.2 Å². The van der Waals surface area contributed by atoms with E-state index in [1.165, 1.54) is 25.7 Å². The summed E-state index contributed by atoms with van der Waals surface area (Å²) in [4.78, 5) is 24.6. The van der Waals surface area contributed by atoms with E-state index in [-0.39, 0.29) is 16.4 Å². The van der Waals surface area contributed by atoms with E-state index in [4.69, 9.17) is 11.6 Å². The Morgan fingerprint density at radius 3 is 2.67 bits per heavy atom. The van der Waals surface area contributed by atoms with Gasteiger partial charge >= 0.3 is 0 Å². The summed E-state index contributed by atoms with van der Waals surface area (Å²) in [5.74, 6) is 1.94. The molecule has 24 heavy (non-hydrogen) atoms. The largest absolute Gasteiger partial charge is 0.295 e. The van der Waals surface area contributed by atoms with Crippen LogP contribution in [0.2, 0.25) is 5.28 Å². The fourth-order valence-electron chi connectivity index (χ4n) is 3.58. The highest BCUT2D eigenvalue weighted by Gasteiger charge is 2.39. The van der Waals surface area contributed by atoms with Crippen molar-refractivity contribution in [3.63, 3.8) is 0 Å². The van der Waals surface area contributed by atoms with Crippen LogP contribution in [0.3, 0.4) is 0 Å². The summed E-state index contributed by atoms with van der Waals surface area (Å²) in [6.07, 6.45) is 10.2. The summed E-state index contributed by atoms with van der Waals surface area (Å²) in [5.41, 5.74) is 0. The minimum absolute atomic E-state index is 0.00698. The number of anilines is 1. The Hall–Kier alpha value is -0.810. The first kappa shape index (κ1) is 18.0. The maximum Gasteiger partial charge on any atom is 0.241 e. The predicted molar refractivity (Wildman–Crippen MR) is 99.7 cm³/mol. The molecule has 0 spiro atoms. The van der Waals surface area contributed by atoms with E-state index in [2.05, 4.69) is 23.8 Å². The van der Waals surface area contributed by atoms with Crippen LogP contribution in [-0.4, -0.2) is 27.7 Å². The van der Waals surface area contributed by atoms with E-state index in [1.54, 1.807) is 18.0 Å². The van der Waals surface area contributed by atoms with Crippen molar-refractivity contribution in [2.24, 2.45) is 11.8 Å². The fourth-order valence-corrected chi connectivity index (χ4v) is 5.05. The maximum absolute atomic E-state index is 13.2. The number of aromatic nitrogens is 2. The molecule has 1 aromatic rings. The van der Waals surface area contributed by atoms with E-state index >= 15 is 0 Å². The molecule has 1 atom stereocenters. The number of rotatable bonds is 4. The second-order valence-corrected chi connectivity index (χ2v) is 8.81. The van der Waals surface area contributed by atoms with Crippen molar-refractivity contribution in [2.45, 2.75) is 68.9 Å². The van der Waals surface area contributed by atoms with Gasteiger partial charge in [-0.05, 0) is 42.7 Å².